The van der Waals surface area contributed by atoms with Crippen LogP contribution < -0.4 is 0 Å². The van der Waals surface area contributed by atoms with E-state index in [9.17, 15) is 9.59 Å². The minimum absolute atomic E-state index is 0.0575. The molecule has 0 unspecified atom stereocenters. The molecule has 0 saturated carbocycles. The van der Waals surface area contributed by atoms with Gasteiger partial charge in [0.25, 0.3) is 0 Å². The molecule has 74 valence electrons. The number of rotatable bonds is 4. The third kappa shape index (κ3) is 2.22. The minimum Gasteiger partial charge on any atom is -0.475 e. The Morgan fingerprint density at radius 3 is 2.64 bits per heavy atom. The standard InChI is InChI=1S/C9H8O5/c1-2-5-13-9(12)7-4-3-6(14-7)8(10)11/h2-4H,1,5H2,(H,10,11). The Kier molecular flexibility index (Phi) is 3.06. The third-order valence-electron chi connectivity index (χ3n) is 1.35. The first-order chi connectivity index (χ1) is 6.65. The van der Waals surface area contributed by atoms with Crippen LogP contribution >= 0.6 is 0 Å². The number of carboxylic acid groups (broad SMARTS) is 1. The average molecular weight is 196 g/mol. The Balaban J connectivity index is 2.71. The topological polar surface area (TPSA) is 76.7 Å². The SMILES string of the molecule is C=CCOC(=O)c1ccc(C(=O)O)o1. The summed E-state index contributed by atoms with van der Waals surface area (Å²) in [5, 5.41) is 8.49. The first kappa shape index (κ1) is 10.0. The second-order valence-electron chi connectivity index (χ2n) is 2.36. The van der Waals surface area contributed by atoms with Gasteiger partial charge in [0.05, 0.1) is 0 Å². The van der Waals surface area contributed by atoms with Crippen LogP contribution in [0.2, 0.25) is 0 Å². The number of carbonyl (C=O) groups excluding carboxylic acids is 1. The lowest BCUT2D eigenvalue weighted by molar-refractivity contribution is 0.0507. The van der Waals surface area contributed by atoms with Crippen molar-refractivity contribution in [3.8, 4) is 0 Å². The maximum absolute atomic E-state index is 11.1. The smallest absolute Gasteiger partial charge is 0.374 e. The summed E-state index contributed by atoms with van der Waals surface area (Å²) in [5.41, 5.74) is 0. The fourth-order valence-electron chi connectivity index (χ4n) is 0.768. The summed E-state index contributed by atoms with van der Waals surface area (Å²) in [4.78, 5) is 21.5. The lowest BCUT2D eigenvalue weighted by Crippen LogP contribution is -2.03. The Morgan fingerprint density at radius 2 is 2.14 bits per heavy atom. The van der Waals surface area contributed by atoms with Gasteiger partial charge in [0.2, 0.25) is 11.5 Å². The van der Waals surface area contributed by atoms with Gasteiger partial charge in [-0.1, -0.05) is 12.7 Å². The molecule has 5 heteroatoms. The third-order valence-corrected chi connectivity index (χ3v) is 1.35. The molecule has 0 aliphatic carbocycles. The predicted octanol–water partition coefficient (Wildman–Crippen LogP) is 1.32. The number of esters is 1. The molecule has 1 rings (SSSR count). The lowest BCUT2D eigenvalue weighted by atomic mass is 10.4. The molecule has 0 spiro atoms. The zero-order valence-corrected chi connectivity index (χ0v) is 7.23. The zero-order chi connectivity index (χ0) is 10.6. The second-order valence-corrected chi connectivity index (χ2v) is 2.36. The van der Waals surface area contributed by atoms with Gasteiger partial charge in [-0.25, -0.2) is 9.59 Å². The van der Waals surface area contributed by atoms with Crippen molar-refractivity contribution in [3.63, 3.8) is 0 Å². The van der Waals surface area contributed by atoms with E-state index in [0.29, 0.717) is 0 Å². The van der Waals surface area contributed by atoms with E-state index >= 15 is 0 Å². The molecule has 1 aromatic heterocycles. The Hall–Kier alpha value is -2.04. The van der Waals surface area contributed by atoms with Gasteiger partial charge in [-0.15, -0.1) is 0 Å². The fraction of sp³-hybridized carbons (Fsp3) is 0.111. The van der Waals surface area contributed by atoms with Crippen molar-refractivity contribution >= 4 is 11.9 Å². The van der Waals surface area contributed by atoms with E-state index in [-0.39, 0.29) is 18.1 Å². The van der Waals surface area contributed by atoms with Crippen LogP contribution in [0.4, 0.5) is 0 Å². The van der Waals surface area contributed by atoms with Gasteiger partial charge in [0.1, 0.15) is 6.61 Å². The molecule has 0 fully saturated rings. The number of hydrogen-bond donors (Lipinski definition) is 1. The van der Waals surface area contributed by atoms with Crippen molar-refractivity contribution in [2.24, 2.45) is 0 Å². The molecule has 1 aromatic rings. The first-order valence-corrected chi connectivity index (χ1v) is 3.76. The van der Waals surface area contributed by atoms with Crippen LogP contribution in [-0.4, -0.2) is 23.7 Å². The molecule has 1 heterocycles. The van der Waals surface area contributed by atoms with Crippen LogP contribution in [0.5, 0.6) is 0 Å². The highest BCUT2D eigenvalue weighted by Gasteiger charge is 2.15. The molecular weight excluding hydrogens is 188 g/mol. The van der Waals surface area contributed by atoms with E-state index in [0.717, 1.165) is 0 Å². The molecular formula is C9H8O5. The van der Waals surface area contributed by atoms with Crippen molar-refractivity contribution in [2.45, 2.75) is 0 Å². The second kappa shape index (κ2) is 4.27. The van der Waals surface area contributed by atoms with Crippen LogP contribution in [0.15, 0.2) is 29.2 Å². The number of carbonyl (C=O) groups is 2. The summed E-state index contributed by atoms with van der Waals surface area (Å²) < 4.78 is 9.32. The van der Waals surface area contributed by atoms with Crippen molar-refractivity contribution in [2.75, 3.05) is 6.61 Å². The highest BCUT2D eigenvalue weighted by Crippen LogP contribution is 2.08. The number of aromatic carboxylic acids is 1. The van der Waals surface area contributed by atoms with Gasteiger partial charge >= 0.3 is 11.9 Å². The molecule has 0 aliphatic heterocycles. The molecule has 5 nitrogen and oxygen atoms in total. The van der Waals surface area contributed by atoms with E-state index in [4.69, 9.17) is 9.52 Å². The minimum atomic E-state index is -1.23. The summed E-state index contributed by atoms with van der Waals surface area (Å²) in [7, 11) is 0. The summed E-state index contributed by atoms with van der Waals surface area (Å²) in [6, 6.07) is 2.43. The monoisotopic (exact) mass is 196 g/mol. The molecule has 0 radical (unpaired) electrons. The van der Waals surface area contributed by atoms with Crippen molar-refractivity contribution < 1.29 is 23.8 Å². The van der Waals surface area contributed by atoms with E-state index in [2.05, 4.69) is 11.3 Å². The van der Waals surface area contributed by atoms with Crippen LogP contribution in [-0.2, 0) is 4.74 Å². The van der Waals surface area contributed by atoms with Crippen LogP contribution in [0, 0.1) is 0 Å². The van der Waals surface area contributed by atoms with E-state index in [1.807, 2.05) is 0 Å². The first-order valence-electron chi connectivity index (χ1n) is 3.76. The zero-order valence-electron chi connectivity index (χ0n) is 7.23. The largest absolute Gasteiger partial charge is 0.475 e. The summed E-state index contributed by atoms with van der Waals surface area (Å²) in [6.45, 7) is 3.42. The lowest BCUT2D eigenvalue weighted by Gasteiger charge is -1.96. The van der Waals surface area contributed by atoms with Crippen molar-refractivity contribution in [1.29, 1.82) is 0 Å². The van der Waals surface area contributed by atoms with Crippen molar-refractivity contribution in [3.05, 3.63) is 36.3 Å². The molecule has 0 atom stereocenters. The summed E-state index contributed by atoms with van der Waals surface area (Å²) in [5.74, 6) is -2.37. The van der Waals surface area contributed by atoms with Gasteiger partial charge in [-0.2, -0.15) is 0 Å². The fourth-order valence-corrected chi connectivity index (χ4v) is 0.768. The molecule has 14 heavy (non-hydrogen) atoms. The summed E-state index contributed by atoms with van der Waals surface area (Å²) >= 11 is 0. The van der Waals surface area contributed by atoms with Gasteiger partial charge < -0.3 is 14.3 Å². The molecule has 0 saturated heterocycles. The normalized spacial score (nSPS) is 9.43. The molecule has 1 N–H and O–H groups in total. The molecule has 0 amide bonds. The quantitative estimate of drug-likeness (QED) is 0.580. The maximum Gasteiger partial charge on any atom is 0.374 e. The van der Waals surface area contributed by atoms with Gasteiger partial charge in [0, 0.05) is 0 Å². The van der Waals surface area contributed by atoms with Crippen molar-refractivity contribution in [1.82, 2.24) is 0 Å². The van der Waals surface area contributed by atoms with Gasteiger partial charge in [0.15, 0.2) is 0 Å². The highest BCUT2D eigenvalue weighted by molar-refractivity contribution is 5.90. The summed E-state index contributed by atoms with van der Waals surface area (Å²) in [6.07, 6.45) is 1.40. The van der Waals surface area contributed by atoms with Crippen LogP contribution in [0.25, 0.3) is 0 Å². The van der Waals surface area contributed by atoms with E-state index in [1.54, 1.807) is 0 Å². The number of carboxylic acids is 1. The van der Waals surface area contributed by atoms with E-state index < -0.39 is 11.9 Å². The maximum atomic E-state index is 11.1. The van der Waals surface area contributed by atoms with Crippen LogP contribution in [0.3, 0.4) is 0 Å². The highest BCUT2D eigenvalue weighted by atomic mass is 16.5. The van der Waals surface area contributed by atoms with Gasteiger partial charge in [-0.3, -0.25) is 0 Å². The van der Waals surface area contributed by atoms with E-state index in [1.165, 1.54) is 18.2 Å². The predicted molar refractivity (Wildman–Crippen MR) is 46.1 cm³/mol. The Bertz CT molecular complexity index is 363. The average Bonchev–Trinajstić information content (AvgIpc) is 2.62. The number of hydrogen-bond acceptors (Lipinski definition) is 4. The Morgan fingerprint density at radius 1 is 1.50 bits per heavy atom. The number of furan rings is 1. The molecule has 0 bridgehead atoms. The van der Waals surface area contributed by atoms with Crippen LogP contribution in [0.1, 0.15) is 21.1 Å². The number of ether oxygens (including phenoxy) is 1. The van der Waals surface area contributed by atoms with Gasteiger partial charge in [-0.05, 0) is 12.1 Å². The molecule has 0 aromatic carbocycles. The molecule has 0 aliphatic rings. The Labute approximate surface area is 79.6 Å².